The molecular formula is C14H11F2NOS. The summed E-state index contributed by atoms with van der Waals surface area (Å²) in [5, 5.41) is 2.59. The van der Waals surface area contributed by atoms with Crippen molar-refractivity contribution in [2.24, 2.45) is 0 Å². The lowest BCUT2D eigenvalue weighted by Crippen LogP contribution is -2.13. The summed E-state index contributed by atoms with van der Waals surface area (Å²) >= 11 is 1.29. The van der Waals surface area contributed by atoms with Crippen LogP contribution in [0.4, 0.5) is 14.5 Å². The van der Waals surface area contributed by atoms with Gasteiger partial charge in [-0.05, 0) is 42.5 Å². The van der Waals surface area contributed by atoms with Gasteiger partial charge in [0.2, 0.25) is 5.91 Å². The normalized spacial score (nSPS) is 10.2. The summed E-state index contributed by atoms with van der Waals surface area (Å²) < 4.78 is 25.6. The quantitative estimate of drug-likeness (QED) is 0.865. The van der Waals surface area contributed by atoms with Gasteiger partial charge >= 0.3 is 0 Å². The second kappa shape index (κ2) is 6.33. The van der Waals surface area contributed by atoms with Crippen molar-refractivity contribution < 1.29 is 13.6 Å². The fourth-order valence-electron chi connectivity index (χ4n) is 1.44. The highest BCUT2D eigenvalue weighted by Gasteiger charge is 2.04. The minimum atomic E-state index is -0.399. The van der Waals surface area contributed by atoms with E-state index in [2.05, 4.69) is 5.32 Å². The van der Waals surface area contributed by atoms with Gasteiger partial charge in [0, 0.05) is 10.6 Å². The lowest BCUT2D eigenvalue weighted by atomic mass is 10.3. The van der Waals surface area contributed by atoms with Crippen LogP contribution in [0.1, 0.15) is 0 Å². The van der Waals surface area contributed by atoms with Crippen LogP contribution in [0.5, 0.6) is 0 Å². The smallest absolute Gasteiger partial charge is 0.234 e. The van der Waals surface area contributed by atoms with E-state index in [4.69, 9.17) is 0 Å². The van der Waals surface area contributed by atoms with E-state index in [1.165, 1.54) is 42.1 Å². The molecule has 0 aromatic heterocycles. The Bertz CT molecular complexity index is 572. The molecule has 2 nitrogen and oxygen atoms in total. The number of benzene rings is 2. The van der Waals surface area contributed by atoms with Crippen molar-refractivity contribution in [2.45, 2.75) is 4.90 Å². The Balaban J connectivity index is 1.86. The first kappa shape index (κ1) is 13.5. The Hall–Kier alpha value is -1.88. The number of hydrogen-bond acceptors (Lipinski definition) is 2. The number of thioether (sulfide) groups is 1. The number of rotatable bonds is 4. The van der Waals surface area contributed by atoms with Crippen LogP contribution in [-0.2, 0) is 4.79 Å². The molecular weight excluding hydrogens is 268 g/mol. The molecule has 0 fully saturated rings. The summed E-state index contributed by atoms with van der Waals surface area (Å²) in [4.78, 5) is 12.4. The molecule has 1 amide bonds. The molecule has 0 aliphatic heterocycles. The van der Waals surface area contributed by atoms with Gasteiger partial charge in [0.1, 0.15) is 11.6 Å². The number of anilines is 1. The average Bonchev–Trinajstić information content (AvgIpc) is 2.38. The van der Waals surface area contributed by atoms with E-state index < -0.39 is 5.82 Å². The summed E-state index contributed by atoms with van der Waals surface area (Å²) in [6.45, 7) is 0. The minimum Gasteiger partial charge on any atom is -0.325 e. The van der Waals surface area contributed by atoms with E-state index in [0.29, 0.717) is 5.69 Å². The second-order valence-corrected chi connectivity index (χ2v) is 4.85. The molecule has 0 spiro atoms. The lowest BCUT2D eigenvalue weighted by Gasteiger charge is -2.05. The maximum atomic E-state index is 12.9. The summed E-state index contributed by atoms with van der Waals surface area (Å²) in [7, 11) is 0. The monoisotopic (exact) mass is 279 g/mol. The fraction of sp³-hybridized carbons (Fsp3) is 0.0714. The van der Waals surface area contributed by atoms with E-state index in [-0.39, 0.29) is 17.5 Å². The van der Waals surface area contributed by atoms with Crippen LogP contribution in [0.25, 0.3) is 0 Å². The third kappa shape index (κ3) is 4.37. The Labute approximate surface area is 113 Å². The van der Waals surface area contributed by atoms with E-state index in [1.54, 1.807) is 18.2 Å². The van der Waals surface area contributed by atoms with Gasteiger partial charge < -0.3 is 5.32 Å². The van der Waals surface area contributed by atoms with E-state index >= 15 is 0 Å². The first-order valence-corrected chi connectivity index (χ1v) is 6.56. The highest BCUT2D eigenvalue weighted by Crippen LogP contribution is 2.18. The van der Waals surface area contributed by atoms with Crippen LogP contribution in [0.15, 0.2) is 53.4 Å². The van der Waals surface area contributed by atoms with E-state index in [1.807, 2.05) is 0 Å². The molecule has 2 rings (SSSR count). The zero-order chi connectivity index (χ0) is 13.7. The number of halogens is 2. The topological polar surface area (TPSA) is 29.1 Å². The summed E-state index contributed by atoms with van der Waals surface area (Å²) in [5.74, 6) is -0.764. The largest absolute Gasteiger partial charge is 0.325 e. The molecule has 0 unspecified atom stereocenters. The summed E-state index contributed by atoms with van der Waals surface area (Å²) in [5.41, 5.74) is 0.421. The highest BCUT2D eigenvalue weighted by atomic mass is 32.2. The summed E-state index contributed by atoms with van der Waals surface area (Å²) in [6.07, 6.45) is 0. The van der Waals surface area contributed by atoms with Gasteiger partial charge in [-0.3, -0.25) is 4.79 Å². The first-order valence-electron chi connectivity index (χ1n) is 5.57. The fourth-order valence-corrected chi connectivity index (χ4v) is 2.14. The minimum absolute atomic E-state index is 0.183. The molecule has 5 heteroatoms. The van der Waals surface area contributed by atoms with Crippen molar-refractivity contribution in [3.8, 4) is 0 Å². The van der Waals surface area contributed by atoms with Crippen molar-refractivity contribution >= 4 is 23.4 Å². The molecule has 0 bridgehead atoms. The lowest BCUT2D eigenvalue weighted by molar-refractivity contribution is -0.113. The number of hydrogen-bond donors (Lipinski definition) is 1. The van der Waals surface area contributed by atoms with Gasteiger partial charge in [-0.15, -0.1) is 11.8 Å². The Kier molecular flexibility index (Phi) is 4.52. The van der Waals surface area contributed by atoms with Gasteiger partial charge in [0.25, 0.3) is 0 Å². The summed E-state index contributed by atoms with van der Waals surface area (Å²) in [6, 6.07) is 11.6. The zero-order valence-corrected chi connectivity index (χ0v) is 10.7. The Morgan fingerprint density at radius 3 is 2.47 bits per heavy atom. The Morgan fingerprint density at radius 1 is 1.05 bits per heavy atom. The molecule has 19 heavy (non-hydrogen) atoms. The van der Waals surface area contributed by atoms with Crippen LogP contribution < -0.4 is 5.32 Å². The van der Waals surface area contributed by atoms with Crippen molar-refractivity contribution in [3.05, 3.63) is 60.2 Å². The zero-order valence-electron chi connectivity index (χ0n) is 9.90. The molecule has 1 N–H and O–H groups in total. The molecule has 98 valence electrons. The van der Waals surface area contributed by atoms with Crippen LogP contribution >= 0.6 is 11.8 Å². The van der Waals surface area contributed by atoms with Crippen molar-refractivity contribution in [1.82, 2.24) is 0 Å². The molecule has 0 atom stereocenters. The van der Waals surface area contributed by atoms with Gasteiger partial charge in [-0.1, -0.05) is 6.07 Å². The van der Waals surface area contributed by atoms with Crippen LogP contribution in [0.3, 0.4) is 0 Å². The molecule has 2 aromatic carbocycles. The average molecular weight is 279 g/mol. The van der Waals surface area contributed by atoms with Crippen LogP contribution in [0, 0.1) is 11.6 Å². The Morgan fingerprint density at radius 2 is 1.79 bits per heavy atom. The maximum absolute atomic E-state index is 12.9. The van der Waals surface area contributed by atoms with Gasteiger partial charge in [-0.2, -0.15) is 0 Å². The van der Waals surface area contributed by atoms with Gasteiger partial charge in [0.15, 0.2) is 0 Å². The van der Waals surface area contributed by atoms with E-state index in [0.717, 1.165) is 4.90 Å². The second-order valence-electron chi connectivity index (χ2n) is 3.80. The maximum Gasteiger partial charge on any atom is 0.234 e. The highest BCUT2D eigenvalue weighted by molar-refractivity contribution is 8.00. The molecule has 2 aromatic rings. The van der Waals surface area contributed by atoms with Gasteiger partial charge in [0.05, 0.1) is 5.75 Å². The number of amides is 1. The first-order chi connectivity index (χ1) is 9.13. The standard InChI is InChI=1S/C14H11F2NOS/c15-10-4-6-13(7-5-10)19-9-14(18)17-12-3-1-2-11(16)8-12/h1-8H,9H2,(H,17,18). The molecule has 0 saturated carbocycles. The number of carbonyl (C=O) groups excluding carboxylic acids is 1. The predicted molar refractivity (Wildman–Crippen MR) is 72.2 cm³/mol. The predicted octanol–water partition coefficient (Wildman–Crippen LogP) is 3.70. The molecule has 0 heterocycles. The van der Waals surface area contributed by atoms with Gasteiger partial charge in [-0.25, -0.2) is 8.78 Å². The number of carbonyl (C=O) groups is 1. The molecule has 0 saturated heterocycles. The molecule has 0 radical (unpaired) electrons. The third-order valence-electron chi connectivity index (χ3n) is 2.29. The van der Waals surface area contributed by atoms with Crippen molar-refractivity contribution in [2.75, 3.05) is 11.1 Å². The SMILES string of the molecule is O=C(CSc1ccc(F)cc1)Nc1cccc(F)c1. The third-order valence-corrected chi connectivity index (χ3v) is 3.30. The van der Waals surface area contributed by atoms with Crippen LogP contribution in [0.2, 0.25) is 0 Å². The van der Waals surface area contributed by atoms with Crippen molar-refractivity contribution in [3.63, 3.8) is 0 Å². The number of nitrogens with one attached hydrogen (secondary N) is 1. The molecule has 0 aliphatic rings. The van der Waals surface area contributed by atoms with Crippen molar-refractivity contribution in [1.29, 1.82) is 0 Å². The van der Waals surface area contributed by atoms with Crippen LogP contribution in [-0.4, -0.2) is 11.7 Å². The molecule has 0 aliphatic carbocycles. The van der Waals surface area contributed by atoms with E-state index in [9.17, 15) is 13.6 Å².